The number of amides is 1. The summed E-state index contributed by atoms with van der Waals surface area (Å²) in [5.74, 6) is -1.44. The summed E-state index contributed by atoms with van der Waals surface area (Å²) in [5, 5.41) is 5.84. The van der Waals surface area contributed by atoms with Gasteiger partial charge in [0.15, 0.2) is 12.4 Å². The number of nitrogens with zero attached hydrogens (tertiary/aromatic N) is 2. The lowest BCUT2D eigenvalue weighted by Crippen LogP contribution is -2.27. The number of hydrogen-bond donors (Lipinski definition) is 1. The second-order valence-corrected chi connectivity index (χ2v) is 8.34. The van der Waals surface area contributed by atoms with Crippen LogP contribution in [0.4, 0.5) is 11.5 Å². The summed E-state index contributed by atoms with van der Waals surface area (Å²) in [6.07, 6.45) is 1.26. The Balaban J connectivity index is 1.75. The molecular weight excluding hydrogens is 434 g/mol. The van der Waals surface area contributed by atoms with Gasteiger partial charge in [-0.05, 0) is 30.3 Å². The third kappa shape index (κ3) is 4.78. The summed E-state index contributed by atoms with van der Waals surface area (Å²) in [4.78, 5) is 24.0. The maximum Gasteiger partial charge on any atom is 0.340 e. The van der Waals surface area contributed by atoms with Gasteiger partial charge in [-0.1, -0.05) is 35.0 Å². The summed E-state index contributed by atoms with van der Waals surface area (Å²) in [7, 11) is -2.57. The summed E-state index contributed by atoms with van der Waals surface area (Å²) < 4.78 is 36.4. The van der Waals surface area contributed by atoms with Gasteiger partial charge in [0.1, 0.15) is 6.26 Å². The van der Waals surface area contributed by atoms with Gasteiger partial charge in [0.2, 0.25) is 0 Å². The minimum atomic E-state index is -3.96. The number of carbonyl (C=O) groups excluding carboxylic acids is 2. The van der Waals surface area contributed by atoms with Crippen LogP contribution in [0.25, 0.3) is 0 Å². The molecule has 3 rings (SSSR count). The van der Waals surface area contributed by atoms with Crippen LogP contribution in [-0.4, -0.2) is 39.1 Å². The van der Waals surface area contributed by atoms with Crippen LogP contribution < -0.4 is 9.62 Å². The Labute approximate surface area is 177 Å². The number of para-hydroxylation sites is 1. The first kappa shape index (κ1) is 21.3. The first-order valence-electron chi connectivity index (χ1n) is 8.50. The van der Waals surface area contributed by atoms with Crippen molar-refractivity contribution in [3.8, 4) is 0 Å². The molecule has 0 aliphatic heterocycles. The maximum absolute atomic E-state index is 12.9. The van der Waals surface area contributed by atoms with Crippen molar-refractivity contribution < 1.29 is 27.3 Å². The summed E-state index contributed by atoms with van der Waals surface area (Å²) >= 11 is 6.04. The maximum atomic E-state index is 12.9. The number of hydrogen-bond acceptors (Lipinski definition) is 7. The van der Waals surface area contributed by atoms with Gasteiger partial charge < -0.3 is 14.6 Å². The topological polar surface area (TPSA) is 119 Å². The van der Waals surface area contributed by atoms with E-state index in [0.717, 1.165) is 10.4 Å². The number of halogens is 1. The predicted octanol–water partition coefficient (Wildman–Crippen LogP) is 2.95. The molecule has 0 saturated carbocycles. The van der Waals surface area contributed by atoms with Crippen molar-refractivity contribution in [2.24, 2.45) is 0 Å². The highest BCUT2D eigenvalue weighted by atomic mass is 35.5. The Morgan fingerprint density at radius 1 is 1.17 bits per heavy atom. The first-order chi connectivity index (χ1) is 14.3. The van der Waals surface area contributed by atoms with E-state index in [1.165, 1.54) is 31.5 Å². The van der Waals surface area contributed by atoms with E-state index in [0.29, 0.717) is 5.69 Å². The van der Waals surface area contributed by atoms with E-state index in [4.69, 9.17) is 16.3 Å². The first-order valence-corrected chi connectivity index (χ1v) is 10.3. The third-order valence-electron chi connectivity index (χ3n) is 3.98. The van der Waals surface area contributed by atoms with Crippen molar-refractivity contribution in [2.45, 2.75) is 4.90 Å². The fraction of sp³-hybridized carbons (Fsp3) is 0.105. The molecule has 11 heteroatoms. The molecule has 0 saturated heterocycles. The van der Waals surface area contributed by atoms with Gasteiger partial charge >= 0.3 is 5.97 Å². The van der Waals surface area contributed by atoms with Crippen molar-refractivity contribution in [3.63, 3.8) is 0 Å². The zero-order valence-electron chi connectivity index (χ0n) is 15.6. The molecule has 0 aliphatic rings. The summed E-state index contributed by atoms with van der Waals surface area (Å²) in [6, 6.07) is 13.5. The van der Waals surface area contributed by atoms with Crippen molar-refractivity contribution in [3.05, 3.63) is 71.4 Å². The largest absolute Gasteiger partial charge is 0.452 e. The molecule has 1 amide bonds. The van der Waals surface area contributed by atoms with E-state index in [-0.39, 0.29) is 21.3 Å². The van der Waals surface area contributed by atoms with Crippen LogP contribution in [0.2, 0.25) is 5.02 Å². The molecule has 0 radical (unpaired) electrons. The van der Waals surface area contributed by atoms with Gasteiger partial charge in [0.05, 0.1) is 21.2 Å². The molecule has 2 aromatic carbocycles. The van der Waals surface area contributed by atoms with Gasteiger partial charge in [0, 0.05) is 13.1 Å². The Kier molecular flexibility index (Phi) is 6.38. The highest BCUT2D eigenvalue weighted by molar-refractivity contribution is 7.92. The van der Waals surface area contributed by atoms with Gasteiger partial charge in [-0.3, -0.25) is 9.10 Å². The number of esters is 1. The van der Waals surface area contributed by atoms with Crippen LogP contribution >= 0.6 is 11.6 Å². The predicted molar refractivity (Wildman–Crippen MR) is 109 cm³/mol. The molecule has 156 valence electrons. The molecule has 1 aromatic heterocycles. The van der Waals surface area contributed by atoms with Crippen LogP contribution in [0.1, 0.15) is 10.4 Å². The lowest BCUT2D eigenvalue weighted by molar-refractivity contribution is -0.119. The fourth-order valence-corrected chi connectivity index (χ4v) is 3.84. The molecule has 1 heterocycles. The Hall–Kier alpha value is -3.37. The number of nitrogens with one attached hydrogen (secondary N) is 1. The summed E-state index contributed by atoms with van der Waals surface area (Å²) in [6.45, 7) is -0.622. The molecule has 30 heavy (non-hydrogen) atoms. The normalized spacial score (nSPS) is 11.0. The number of aromatic nitrogens is 1. The number of benzene rings is 2. The molecular formula is C19H16ClN3O6S. The smallest absolute Gasteiger partial charge is 0.340 e. The van der Waals surface area contributed by atoms with E-state index in [2.05, 4.69) is 15.0 Å². The van der Waals surface area contributed by atoms with Crippen LogP contribution in [0.5, 0.6) is 0 Å². The number of anilines is 2. The second-order valence-electron chi connectivity index (χ2n) is 5.96. The molecule has 0 aliphatic carbocycles. The monoisotopic (exact) mass is 449 g/mol. The van der Waals surface area contributed by atoms with E-state index in [9.17, 15) is 18.0 Å². The Morgan fingerprint density at radius 2 is 1.90 bits per heavy atom. The fourth-order valence-electron chi connectivity index (χ4n) is 2.42. The van der Waals surface area contributed by atoms with Crippen molar-refractivity contribution in [1.29, 1.82) is 0 Å². The standard InChI is InChI=1S/C19H16ClN3O6S/c1-23(13-5-3-2-4-6-13)30(26,27)14-7-8-16(20)15(11-14)19(25)28-12-18(24)21-17-9-10-29-22-17/h2-11H,12H2,1H3,(H,21,22,24). The average Bonchev–Trinajstić information content (AvgIpc) is 3.25. The molecule has 0 fully saturated rings. The molecule has 0 bridgehead atoms. The zero-order valence-corrected chi connectivity index (χ0v) is 17.2. The highest BCUT2D eigenvalue weighted by Crippen LogP contribution is 2.26. The van der Waals surface area contributed by atoms with Gasteiger partial charge in [-0.15, -0.1) is 0 Å². The molecule has 3 aromatic rings. The van der Waals surface area contributed by atoms with Crippen molar-refractivity contribution >= 4 is 45.0 Å². The van der Waals surface area contributed by atoms with Gasteiger partial charge in [-0.25, -0.2) is 13.2 Å². The quantitative estimate of drug-likeness (QED) is 0.550. The minimum absolute atomic E-state index is 0.0155. The molecule has 0 unspecified atom stereocenters. The SMILES string of the molecule is CN(c1ccccc1)S(=O)(=O)c1ccc(Cl)c(C(=O)OCC(=O)Nc2ccon2)c1. The van der Waals surface area contributed by atoms with Crippen LogP contribution in [0.3, 0.4) is 0 Å². The van der Waals surface area contributed by atoms with E-state index >= 15 is 0 Å². The number of rotatable bonds is 7. The number of carbonyl (C=O) groups is 2. The molecule has 1 N–H and O–H groups in total. The number of ether oxygens (including phenoxy) is 1. The van der Waals surface area contributed by atoms with E-state index in [1.54, 1.807) is 30.3 Å². The second kappa shape index (κ2) is 8.97. The van der Waals surface area contributed by atoms with Gasteiger partial charge in [-0.2, -0.15) is 0 Å². The van der Waals surface area contributed by atoms with E-state index in [1.807, 2.05) is 0 Å². The molecule has 0 atom stereocenters. The third-order valence-corrected chi connectivity index (χ3v) is 6.09. The van der Waals surface area contributed by atoms with Crippen LogP contribution in [0, 0.1) is 0 Å². The van der Waals surface area contributed by atoms with Crippen molar-refractivity contribution in [2.75, 3.05) is 23.3 Å². The zero-order chi connectivity index (χ0) is 21.7. The molecule has 9 nitrogen and oxygen atoms in total. The Morgan fingerprint density at radius 3 is 2.57 bits per heavy atom. The minimum Gasteiger partial charge on any atom is -0.452 e. The van der Waals surface area contributed by atoms with Crippen LogP contribution in [0.15, 0.2) is 70.3 Å². The lowest BCUT2D eigenvalue weighted by atomic mass is 10.2. The Bertz CT molecular complexity index is 1150. The average molecular weight is 450 g/mol. The van der Waals surface area contributed by atoms with E-state index < -0.39 is 28.5 Å². The lowest BCUT2D eigenvalue weighted by Gasteiger charge is -2.20. The summed E-state index contributed by atoms with van der Waals surface area (Å²) in [5.41, 5.74) is 0.259. The molecule has 0 spiro atoms. The van der Waals surface area contributed by atoms with Crippen molar-refractivity contribution in [1.82, 2.24) is 5.16 Å². The highest BCUT2D eigenvalue weighted by Gasteiger charge is 2.24. The van der Waals surface area contributed by atoms with Gasteiger partial charge in [0.25, 0.3) is 15.9 Å². The number of sulfonamides is 1. The van der Waals surface area contributed by atoms with Crippen LogP contribution in [-0.2, 0) is 19.6 Å².